The predicted octanol–water partition coefficient (Wildman–Crippen LogP) is 3.19. The molecule has 2 aromatic rings. The van der Waals surface area contributed by atoms with Crippen molar-refractivity contribution in [1.82, 2.24) is 0 Å². The molecule has 2 N–H and O–H groups in total. The Balaban J connectivity index is 2.41. The first kappa shape index (κ1) is 14.9. The molecule has 9 heteroatoms. The quantitative estimate of drug-likeness (QED) is 0.849. The van der Waals surface area contributed by atoms with Crippen molar-refractivity contribution >= 4 is 49.2 Å². The van der Waals surface area contributed by atoms with Gasteiger partial charge in [0.2, 0.25) is 5.76 Å². The Kier molecular flexibility index (Phi) is 4.07. The van der Waals surface area contributed by atoms with Crippen LogP contribution >= 0.6 is 27.5 Å². The molecule has 0 saturated carbocycles. The molecule has 0 unspecified atom stereocenters. The summed E-state index contributed by atoms with van der Waals surface area (Å²) in [6, 6.07) is 7.16. The normalized spacial score (nSPS) is 11.3. The molecule has 1 aromatic heterocycles. The van der Waals surface area contributed by atoms with Gasteiger partial charge in [-0.15, -0.1) is 0 Å². The first-order valence-corrected chi connectivity index (χ1v) is 7.76. The van der Waals surface area contributed by atoms with Gasteiger partial charge in [0.15, 0.2) is 4.67 Å². The maximum absolute atomic E-state index is 12.2. The molecule has 20 heavy (non-hydrogen) atoms. The van der Waals surface area contributed by atoms with Crippen LogP contribution in [0.2, 0.25) is 5.02 Å². The molecule has 1 aromatic carbocycles. The van der Waals surface area contributed by atoms with E-state index in [1.807, 2.05) is 0 Å². The summed E-state index contributed by atoms with van der Waals surface area (Å²) in [5, 5.41) is 8.99. The number of carboxylic acids is 1. The van der Waals surface area contributed by atoms with Crippen molar-refractivity contribution in [3.63, 3.8) is 0 Å². The van der Waals surface area contributed by atoms with Crippen molar-refractivity contribution in [1.29, 1.82) is 0 Å². The average Bonchev–Trinajstić information content (AvgIpc) is 2.75. The van der Waals surface area contributed by atoms with E-state index in [4.69, 9.17) is 21.1 Å². The lowest BCUT2D eigenvalue weighted by Crippen LogP contribution is -2.13. The van der Waals surface area contributed by atoms with Crippen LogP contribution < -0.4 is 4.72 Å². The number of nitrogens with one attached hydrogen (secondary N) is 1. The first-order chi connectivity index (χ1) is 9.31. The third kappa shape index (κ3) is 2.97. The number of hydrogen-bond acceptors (Lipinski definition) is 4. The number of carboxylic acid groups (broad SMARTS) is 1. The summed E-state index contributed by atoms with van der Waals surface area (Å²) in [6.45, 7) is 0. The van der Waals surface area contributed by atoms with Gasteiger partial charge in [0.25, 0.3) is 10.0 Å². The van der Waals surface area contributed by atoms with Crippen LogP contribution in [0.1, 0.15) is 10.6 Å². The third-order valence-electron chi connectivity index (χ3n) is 2.27. The van der Waals surface area contributed by atoms with Gasteiger partial charge in [0, 0.05) is 6.07 Å². The Morgan fingerprint density at radius 3 is 2.55 bits per heavy atom. The molecule has 0 aliphatic carbocycles. The smallest absolute Gasteiger partial charge is 0.371 e. The summed E-state index contributed by atoms with van der Waals surface area (Å²) in [5.41, 5.74) is 0.180. The van der Waals surface area contributed by atoms with Crippen molar-refractivity contribution in [2.24, 2.45) is 0 Å². The van der Waals surface area contributed by atoms with Crippen LogP contribution in [0.25, 0.3) is 0 Å². The standard InChI is InChI=1S/C11H7BrClNO5S/c12-10-9(5-8(19-10)11(15)16)20(17,18)14-7-4-2-1-3-6(7)13/h1-5,14H,(H,15,16). The molecule has 0 saturated heterocycles. The Morgan fingerprint density at radius 2 is 2.00 bits per heavy atom. The van der Waals surface area contributed by atoms with E-state index in [0.29, 0.717) is 0 Å². The van der Waals surface area contributed by atoms with Gasteiger partial charge < -0.3 is 9.52 Å². The zero-order chi connectivity index (χ0) is 14.9. The number of anilines is 1. The summed E-state index contributed by atoms with van der Waals surface area (Å²) in [7, 11) is -4.02. The largest absolute Gasteiger partial charge is 0.475 e. The van der Waals surface area contributed by atoms with Gasteiger partial charge in [-0.2, -0.15) is 0 Å². The summed E-state index contributed by atoms with van der Waals surface area (Å²) >= 11 is 8.73. The van der Waals surface area contributed by atoms with E-state index in [1.165, 1.54) is 12.1 Å². The van der Waals surface area contributed by atoms with Crippen LogP contribution in [0, 0.1) is 0 Å². The van der Waals surface area contributed by atoms with Gasteiger partial charge in [0.1, 0.15) is 4.90 Å². The van der Waals surface area contributed by atoms with Crippen LogP contribution in [0.3, 0.4) is 0 Å². The number of carbonyl (C=O) groups is 1. The zero-order valence-corrected chi connectivity index (χ0v) is 12.8. The molecular weight excluding hydrogens is 374 g/mol. The number of hydrogen-bond donors (Lipinski definition) is 2. The van der Waals surface area contributed by atoms with Crippen LogP contribution in [-0.2, 0) is 10.0 Å². The average molecular weight is 381 g/mol. The zero-order valence-electron chi connectivity index (χ0n) is 9.63. The number of aromatic carboxylic acids is 1. The Bertz CT molecular complexity index is 771. The van der Waals surface area contributed by atoms with E-state index in [1.54, 1.807) is 12.1 Å². The minimum atomic E-state index is -4.02. The highest BCUT2D eigenvalue weighted by Crippen LogP contribution is 2.29. The fraction of sp³-hybridized carbons (Fsp3) is 0. The molecule has 0 amide bonds. The summed E-state index contributed by atoms with van der Waals surface area (Å²) in [6.07, 6.45) is 0. The highest BCUT2D eigenvalue weighted by Gasteiger charge is 2.25. The molecule has 0 aliphatic heterocycles. The van der Waals surface area contributed by atoms with Gasteiger partial charge in [-0.1, -0.05) is 23.7 Å². The van der Waals surface area contributed by atoms with Crippen LogP contribution in [0.15, 0.2) is 44.3 Å². The monoisotopic (exact) mass is 379 g/mol. The van der Waals surface area contributed by atoms with E-state index >= 15 is 0 Å². The van der Waals surface area contributed by atoms with Crippen LogP contribution in [0.4, 0.5) is 5.69 Å². The van der Waals surface area contributed by atoms with Crippen molar-refractivity contribution in [3.05, 3.63) is 45.8 Å². The van der Waals surface area contributed by atoms with Crippen molar-refractivity contribution in [3.8, 4) is 0 Å². The van der Waals surface area contributed by atoms with Crippen molar-refractivity contribution in [2.75, 3.05) is 4.72 Å². The number of furan rings is 1. The summed E-state index contributed by atoms with van der Waals surface area (Å²) in [4.78, 5) is 10.4. The minimum Gasteiger partial charge on any atom is -0.475 e. The third-order valence-corrected chi connectivity index (χ3v) is 4.83. The molecular formula is C11H7BrClNO5S. The van der Waals surface area contributed by atoms with E-state index in [9.17, 15) is 13.2 Å². The van der Waals surface area contributed by atoms with Gasteiger partial charge >= 0.3 is 5.97 Å². The molecule has 0 atom stereocenters. The Labute approximate surface area is 127 Å². The van der Waals surface area contributed by atoms with Gasteiger partial charge in [-0.05, 0) is 28.1 Å². The number of para-hydroxylation sites is 1. The molecule has 0 aliphatic rings. The van der Waals surface area contributed by atoms with E-state index in [-0.39, 0.29) is 20.3 Å². The van der Waals surface area contributed by atoms with Gasteiger partial charge in [-0.3, -0.25) is 4.72 Å². The van der Waals surface area contributed by atoms with Crippen molar-refractivity contribution in [2.45, 2.75) is 4.90 Å². The van der Waals surface area contributed by atoms with Crippen LogP contribution in [0.5, 0.6) is 0 Å². The number of halogens is 2. The predicted molar refractivity (Wildman–Crippen MR) is 75.6 cm³/mol. The fourth-order valence-corrected chi connectivity index (χ4v) is 3.64. The summed E-state index contributed by atoms with van der Waals surface area (Å²) < 4.78 is 31.2. The number of rotatable bonds is 4. The fourth-order valence-electron chi connectivity index (χ4n) is 1.38. The lowest BCUT2D eigenvalue weighted by atomic mass is 10.3. The molecule has 6 nitrogen and oxygen atoms in total. The van der Waals surface area contributed by atoms with Gasteiger partial charge in [-0.25, -0.2) is 13.2 Å². The number of benzene rings is 1. The lowest BCUT2D eigenvalue weighted by molar-refractivity contribution is 0.0661. The van der Waals surface area contributed by atoms with Crippen LogP contribution in [-0.4, -0.2) is 19.5 Å². The molecule has 0 fully saturated rings. The van der Waals surface area contributed by atoms with E-state index in [0.717, 1.165) is 6.07 Å². The first-order valence-electron chi connectivity index (χ1n) is 5.11. The second-order valence-electron chi connectivity index (χ2n) is 3.64. The van der Waals surface area contributed by atoms with E-state index < -0.39 is 21.8 Å². The molecule has 2 rings (SSSR count). The lowest BCUT2D eigenvalue weighted by Gasteiger charge is -2.07. The highest BCUT2D eigenvalue weighted by molar-refractivity contribution is 9.10. The summed E-state index contributed by atoms with van der Waals surface area (Å²) in [5.74, 6) is -1.86. The SMILES string of the molecule is O=C(O)c1cc(S(=O)(=O)Nc2ccccc2Cl)c(Br)o1. The number of sulfonamides is 1. The molecule has 1 heterocycles. The van der Waals surface area contributed by atoms with E-state index in [2.05, 4.69) is 20.7 Å². The Morgan fingerprint density at radius 1 is 1.35 bits per heavy atom. The maximum atomic E-state index is 12.2. The van der Waals surface area contributed by atoms with Crippen molar-refractivity contribution < 1.29 is 22.7 Å². The molecule has 106 valence electrons. The topological polar surface area (TPSA) is 96.6 Å². The second-order valence-corrected chi connectivity index (χ2v) is 6.42. The Hall–Kier alpha value is -1.51. The minimum absolute atomic E-state index is 0.180. The van der Waals surface area contributed by atoms with Gasteiger partial charge in [0.05, 0.1) is 10.7 Å². The highest BCUT2D eigenvalue weighted by atomic mass is 79.9. The molecule has 0 bridgehead atoms. The second kappa shape index (κ2) is 5.47. The molecule has 0 radical (unpaired) electrons. The molecule has 0 spiro atoms. The maximum Gasteiger partial charge on any atom is 0.371 e.